The van der Waals surface area contributed by atoms with E-state index in [1.807, 2.05) is 0 Å². The van der Waals surface area contributed by atoms with Gasteiger partial charge in [-0.1, -0.05) is 37.6 Å². The van der Waals surface area contributed by atoms with Crippen molar-refractivity contribution in [3.63, 3.8) is 0 Å². The lowest BCUT2D eigenvalue weighted by Crippen LogP contribution is -2.22. The van der Waals surface area contributed by atoms with E-state index in [2.05, 4.69) is 45.9 Å². The summed E-state index contributed by atoms with van der Waals surface area (Å²) in [6, 6.07) is 6.66. The third-order valence-electron chi connectivity index (χ3n) is 2.88. The summed E-state index contributed by atoms with van der Waals surface area (Å²) < 4.78 is 0. The van der Waals surface area contributed by atoms with Crippen LogP contribution in [0.15, 0.2) is 18.2 Å². The van der Waals surface area contributed by atoms with E-state index in [4.69, 9.17) is 5.73 Å². The van der Waals surface area contributed by atoms with Gasteiger partial charge < -0.3 is 5.73 Å². The molecule has 0 radical (unpaired) electrons. The quantitative estimate of drug-likeness (QED) is 0.781. The molecular formula is C13H21N. The van der Waals surface area contributed by atoms with Crippen molar-refractivity contribution in [3.05, 3.63) is 34.9 Å². The molecule has 1 heteroatoms. The predicted molar refractivity (Wildman–Crippen MR) is 62.6 cm³/mol. The van der Waals surface area contributed by atoms with E-state index in [1.165, 1.54) is 16.7 Å². The van der Waals surface area contributed by atoms with E-state index in [0.29, 0.717) is 0 Å². The summed E-state index contributed by atoms with van der Waals surface area (Å²) in [4.78, 5) is 0. The van der Waals surface area contributed by atoms with E-state index in [1.54, 1.807) is 0 Å². The van der Waals surface area contributed by atoms with Gasteiger partial charge >= 0.3 is 0 Å². The van der Waals surface area contributed by atoms with E-state index in [-0.39, 0.29) is 5.41 Å². The molecule has 0 saturated heterocycles. The average Bonchev–Trinajstić information content (AvgIpc) is 2.02. The second-order valence-electron chi connectivity index (χ2n) is 4.74. The molecule has 14 heavy (non-hydrogen) atoms. The molecule has 1 rings (SSSR count). The molecule has 78 valence electrons. The summed E-state index contributed by atoms with van der Waals surface area (Å²) in [5, 5.41) is 0. The smallest absolute Gasteiger partial charge is 0.00690 e. The van der Waals surface area contributed by atoms with E-state index in [9.17, 15) is 0 Å². The maximum atomic E-state index is 5.63. The maximum absolute atomic E-state index is 5.63. The zero-order chi connectivity index (χ0) is 10.8. The van der Waals surface area contributed by atoms with Gasteiger partial charge in [-0.15, -0.1) is 0 Å². The third kappa shape index (κ3) is 2.36. The molecule has 2 N–H and O–H groups in total. The van der Waals surface area contributed by atoms with Crippen molar-refractivity contribution >= 4 is 0 Å². The number of rotatable bonds is 3. The van der Waals surface area contributed by atoms with Crippen molar-refractivity contribution in [3.8, 4) is 0 Å². The molecule has 0 saturated carbocycles. The van der Waals surface area contributed by atoms with Gasteiger partial charge in [-0.3, -0.25) is 0 Å². The lowest BCUT2D eigenvalue weighted by Gasteiger charge is -2.26. The molecule has 0 bridgehead atoms. The fourth-order valence-corrected chi connectivity index (χ4v) is 2.07. The number of benzene rings is 1. The third-order valence-corrected chi connectivity index (χ3v) is 2.88. The highest BCUT2D eigenvalue weighted by molar-refractivity contribution is 5.35. The SMILES string of the molecule is Cc1ccc(C(C)(C)CCN)c(C)c1. The van der Waals surface area contributed by atoms with Gasteiger partial charge in [0.15, 0.2) is 0 Å². The predicted octanol–water partition coefficient (Wildman–Crippen LogP) is 2.93. The molecule has 0 aliphatic carbocycles. The number of hydrogen-bond acceptors (Lipinski definition) is 1. The topological polar surface area (TPSA) is 26.0 Å². The minimum absolute atomic E-state index is 0.201. The molecule has 0 spiro atoms. The van der Waals surface area contributed by atoms with Gasteiger partial charge in [0.2, 0.25) is 0 Å². The minimum atomic E-state index is 0.201. The molecule has 0 aromatic heterocycles. The zero-order valence-corrected chi connectivity index (χ0v) is 9.72. The second-order valence-corrected chi connectivity index (χ2v) is 4.74. The lowest BCUT2D eigenvalue weighted by molar-refractivity contribution is 0.485. The Morgan fingerprint density at radius 2 is 1.86 bits per heavy atom. The van der Waals surface area contributed by atoms with Gasteiger partial charge in [-0.05, 0) is 43.4 Å². The van der Waals surface area contributed by atoms with Crippen molar-refractivity contribution < 1.29 is 0 Å². The molecule has 0 atom stereocenters. The largest absolute Gasteiger partial charge is 0.330 e. The number of aryl methyl sites for hydroxylation is 2. The molecule has 1 aromatic carbocycles. The highest BCUT2D eigenvalue weighted by Crippen LogP contribution is 2.29. The Hall–Kier alpha value is -0.820. The van der Waals surface area contributed by atoms with E-state index < -0.39 is 0 Å². The van der Waals surface area contributed by atoms with Crippen molar-refractivity contribution in [1.29, 1.82) is 0 Å². The standard InChI is InChI=1S/C13H21N/c1-10-5-6-12(11(2)9-10)13(3,4)7-8-14/h5-6,9H,7-8,14H2,1-4H3. The first-order valence-corrected chi connectivity index (χ1v) is 5.25. The maximum Gasteiger partial charge on any atom is -0.00690 e. The van der Waals surface area contributed by atoms with Gasteiger partial charge in [-0.2, -0.15) is 0 Å². The monoisotopic (exact) mass is 191 g/mol. The highest BCUT2D eigenvalue weighted by Gasteiger charge is 2.20. The molecule has 0 amide bonds. The molecule has 0 fully saturated rings. The van der Waals surface area contributed by atoms with Crippen LogP contribution in [0.1, 0.15) is 37.0 Å². The fraction of sp³-hybridized carbons (Fsp3) is 0.538. The van der Waals surface area contributed by atoms with Gasteiger partial charge in [-0.25, -0.2) is 0 Å². The van der Waals surface area contributed by atoms with Crippen molar-refractivity contribution in [2.45, 2.75) is 39.5 Å². The Morgan fingerprint density at radius 3 is 2.36 bits per heavy atom. The van der Waals surface area contributed by atoms with Crippen LogP contribution in [0.3, 0.4) is 0 Å². The first kappa shape index (κ1) is 11.3. The zero-order valence-electron chi connectivity index (χ0n) is 9.72. The van der Waals surface area contributed by atoms with Crippen LogP contribution in [-0.2, 0) is 5.41 Å². The fourth-order valence-electron chi connectivity index (χ4n) is 2.07. The molecule has 0 aliphatic rings. The first-order valence-electron chi connectivity index (χ1n) is 5.25. The summed E-state index contributed by atoms with van der Waals surface area (Å²) in [6.07, 6.45) is 1.04. The number of nitrogens with two attached hydrogens (primary N) is 1. The molecule has 1 aromatic rings. The molecule has 0 unspecified atom stereocenters. The highest BCUT2D eigenvalue weighted by atomic mass is 14.5. The first-order chi connectivity index (χ1) is 6.47. The Bertz CT molecular complexity index is 313. The van der Waals surface area contributed by atoms with Crippen LogP contribution in [0.5, 0.6) is 0 Å². The summed E-state index contributed by atoms with van der Waals surface area (Å²) in [5.74, 6) is 0. The van der Waals surface area contributed by atoms with Gasteiger partial charge in [0.05, 0.1) is 0 Å². The van der Waals surface area contributed by atoms with Crippen LogP contribution in [0.25, 0.3) is 0 Å². The Morgan fingerprint density at radius 1 is 1.21 bits per heavy atom. The second kappa shape index (κ2) is 4.14. The molecule has 0 heterocycles. The summed E-state index contributed by atoms with van der Waals surface area (Å²) >= 11 is 0. The average molecular weight is 191 g/mol. The van der Waals surface area contributed by atoms with Crippen LogP contribution < -0.4 is 5.73 Å². The summed E-state index contributed by atoms with van der Waals surface area (Å²) in [7, 11) is 0. The number of hydrogen-bond donors (Lipinski definition) is 1. The van der Waals surface area contributed by atoms with Crippen LogP contribution in [0, 0.1) is 13.8 Å². The van der Waals surface area contributed by atoms with Gasteiger partial charge in [0, 0.05) is 0 Å². The van der Waals surface area contributed by atoms with Crippen molar-refractivity contribution in [1.82, 2.24) is 0 Å². The Balaban J connectivity index is 3.06. The lowest BCUT2D eigenvalue weighted by atomic mass is 9.79. The van der Waals surface area contributed by atoms with Crippen LogP contribution in [-0.4, -0.2) is 6.54 Å². The van der Waals surface area contributed by atoms with E-state index in [0.717, 1.165) is 13.0 Å². The Kier molecular flexibility index (Phi) is 3.33. The van der Waals surface area contributed by atoms with E-state index >= 15 is 0 Å². The van der Waals surface area contributed by atoms with Crippen LogP contribution >= 0.6 is 0 Å². The van der Waals surface area contributed by atoms with Crippen molar-refractivity contribution in [2.75, 3.05) is 6.54 Å². The normalized spacial score (nSPS) is 11.8. The van der Waals surface area contributed by atoms with Crippen LogP contribution in [0.4, 0.5) is 0 Å². The summed E-state index contributed by atoms with van der Waals surface area (Å²) in [5.41, 5.74) is 9.96. The molecular weight excluding hydrogens is 170 g/mol. The summed E-state index contributed by atoms with van der Waals surface area (Å²) in [6.45, 7) is 9.59. The minimum Gasteiger partial charge on any atom is -0.330 e. The molecule has 0 aliphatic heterocycles. The van der Waals surface area contributed by atoms with Gasteiger partial charge in [0.1, 0.15) is 0 Å². The molecule has 1 nitrogen and oxygen atoms in total. The van der Waals surface area contributed by atoms with Crippen molar-refractivity contribution in [2.24, 2.45) is 5.73 Å². The van der Waals surface area contributed by atoms with Crippen LogP contribution in [0.2, 0.25) is 0 Å². The van der Waals surface area contributed by atoms with Gasteiger partial charge in [0.25, 0.3) is 0 Å². The Labute approximate surface area is 87.3 Å².